The van der Waals surface area contributed by atoms with Gasteiger partial charge < -0.3 is 14.2 Å². The van der Waals surface area contributed by atoms with Crippen LogP contribution < -0.4 is 0 Å². The van der Waals surface area contributed by atoms with Gasteiger partial charge in [0.1, 0.15) is 11.9 Å². The Hall–Kier alpha value is -2.77. The molecule has 158 valence electrons. The molecule has 1 amide bonds. The van der Waals surface area contributed by atoms with E-state index in [1.165, 1.54) is 6.07 Å². The normalized spacial score (nSPS) is 17.4. The molecule has 0 spiro atoms. The number of hydrogen-bond donors (Lipinski definition) is 0. The Balaban J connectivity index is 1.38. The van der Waals surface area contributed by atoms with Crippen LogP contribution >= 0.6 is 0 Å². The number of fused-ring (bicyclic) bond motifs is 1. The second kappa shape index (κ2) is 8.93. The zero-order chi connectivity index (χ0) is 21.1. The molecule has 1 aromatic carbocycles. The summed E-state index contributed by atoms with van der Waals surface area (Å²) in [5.74, 6) is -0.251. The van der Waals surface area contributed by atoms with E-state index in [0.29, 0.717) is 32.7 Å². The number of aromatic nitrogens is 2. The first-order valence-corrected chi connectivity index (χ1v) is 10.2. The lowest BCUT2D eigenvalue weighted by atomic mass is 10.1. The van der Waals surface area contributed by atoms with Crippen LogP contribution in [0.3, 0.4) is 0 Å². The minimum atomic E-state index is -0.487. The van der Waals surface area contributed by atoms with E-state index in [-0.39, 0.29) is 11.7 Å². The molecule has 1 fully saturated rings. The average molecular weight is 410 g/mol. The summed E-state index contributed by atoms with van der Waals surface area (Å²) in [5.41, 5.74) is 3.02. The summed E-state index contributed by atoms with van der Waals surface area (Å²) in [6, 6.07) is 10.7. The number of benzene rings is 1. The maximum Gasteiger partial charge on any atom is 0.252 e. The molecular formula is C23H27FN4O2. The molecule has 30 heavy (non-hydrogen) atoms. The predicted molar refractivity (Wildman–Crippen MR) is 113 cm³/mol. The fourth-order valence-electron chi connectivity index (χ4n) is 3.99. The van der Waals surface area contributed by atoms with E-state index in [4.69, 9.17) is 4.74 Å². The third-order valence-electron chi connectivity index (χ3n) is 5.66. The van der Waals surface area contributed by atoms with Crippen LogP contribution in [0.5, 0.6) is 0 Å². The van der Waals surface area contributed by atoms with Crippen LogP contribution in [0.25, 0.3) is 10.9 Å². The number of morpholine rings is 1. The molecule has 2 aromatic heterocycles. The highest BCUT2D eigenvalue weighted by molar-refractivity contribution is 5.84. The maximum absolute atomic E-state index is 13.8. The van der Waals surface area contributed by atoms with Crippen LogP contribution in [0.2, 0.25) is 0 Å². The van der Waals surface area contributed by atoms with E-state index < -0.39 is 6.10 Å². The Morgan fingerprint density at radius 2 is 2.20 bits per heavy atom. The van der Waals surface area contributed by atoms with Gasteiger partial charge in [-0.15, -0.1) is 0 Å². The zero-order valence-corrected chi connectivity index (χ0v) is 17.4. The van der Waals surface area contributed by atoms with E-state index in [1.54, 1.807) is 30.3 Å². The average Bonchev–Trinajstić information content (AvgIpc) is 3.06. The number of aryl methyl sites for hydroxylation is 1. The van der Waals surface area contributed by atoms with Gasteiger partial charge in [-0.1, -0.05) is 6.07 Å². The van der Waals surface area contributed by atoms with Crippen molar-refractivity contribution >= 4 is 16.8 Å². The van der Waals surface area contributed by atoms with Crippen molar-refractivity contribution in [2.45, 2.75) is 19.1 Å². The topological polar surface area (TPSA) is 50.6 Å². The third-order valence-corrected chi connectivity index (χ3v) is 5.66. The summed E-state index contributed by atoms with van der Waals surface area (Å²) in [4.78, 5) is 21.1. The smallest absolute Gasteiger partial charge is 0.252 e. The predicted octanol–water partition coefficient (Wildman–Crippen LogP) is 2.61. The highest BCUT2D eigenvalue weighted by atomic mass is 19.1. The van der Waals surface area contributed by atoms with E-state index in [9.17, 15) is 9.18 Å². The third kappa shape index (κ3) is 4.52. The molecule has 0 radical (unpaired) electrons. The number of amides is 1. The summed E-state index contributed by atoms with van der Waals surface area (Å²) in [6.07, 6.45) is 4.02. The summed E-state index contributed by atoms with van der Waals surface area (Å²) in [5, 5.41) is 0.916. The molecule has 1 aliphatic rings. The number of nitrogens with zero attached hydrogens (tertiary/aromatic N) is 4. The van der Waals surface area contributed by atoms with Crippen LogP contribution in [0.15, 0.2) is 48.8 Å². The zero-order valence-electron chi connectivity index (χ0n) is 17.4. The second-order valence-corrected chi connectivity index (χ2v) is 7.85. The first-order chi connectivity index (χ1) is 14.5. The van der Waals surface area contributed by atoms with Gasteiger partial charge >= 0.3 is 0 Å². The van der Waals surface area contributed by atoms with E-state index >= 15 is 0 Å². The molecule has 0 unspecified atom stereocenters. The van der Waals surface area contributed by atoms with Crippen LogP contribution in [0, 0.1) is 5.82 Å². The Morgan fingerprint density at radius 3 is 3.00 bits per heavy atom. The monoisotopic (exact) mass is 410 g/mol. The van der Waals surface area contributed by atoms with Gasteiger partial charge in [0, 0.05) is 75.7 Å². The lowest BCUT2D eigenvalue weighted by molar-refractivity contribution is -0.148. The van der Waals surface area contributed by atoms with Crippen LogP contribution in [0.4, 0.5) is 4.39 Å². The molecule has 4 rings (SSSR count). The van der Waals surface area contributed by atoms with Crippen molar-refractivity contribution in [3.8, 4) is 0 Å². The van der Waals surface area contributed by atoms with Gasteiger partial charge in [0.05, 0.1) is 6.61 Å². The lowest BCUT2D eigenvalue weighted by Gasteiger charge is -2.34. The van der Waals surface area contributed by atoms with Crippen molar-refractivity contribution in [2.24, 2.45) is 7.05 Å². The fourth-order valence-corrected chi connectivity index (χ4v) is 3.99. The Bertz CT molecular complexity index is 1020. The highest BCUT2D eigenvalue weighted by Crippen LogP contribution is 2.24. The molecule has 1 aliphatic heterocycles. The molecule has 0 saturated carbocycles. The maximum atomic E-state index is 13.8. The van der Waals surface area contributed by atoms with Crippen LogP contribution in [-0.4, -0.2) is 64.7 Å². The van der Waals surface area contributed by atoms with Crippen LogP contribution in [-0.2, 0) is 29.5 Å². The molecule has 0 bridgehead atoms. The van der Waals surface area contributed by atoms with Gasteiger partial charge in [-0.3, -0.25) is 14.7 Å². The molecule has 6 nitrogen and oxygen atoms in total. The van der Waals surface area contributed by atoms with Crippen molar-refractivity contribution < 1.29 is 13.9 Å². The standard InChI is InChI=1S/C23H27FN4O2/c1-26(10-8-19-5-3-4-9-25-19)23(29)22-16-28(11-12-30-22)15-17-14-27(2)21-7-6-18(24)13-20(17)21/h3-7,9,13-14,22H,8,10-12,15-16H2,1-2H3/t22-/m0/s1. The van der Waals surface area contributed by atoms with Crippen molar-refractivity contribution in [1.29, 1.82) is 0 Å². The molecule has 7 heteroatoms. The van der Waals surface area contributed by atoms with Crippen LogP contribution in [0.1, 0.15) is 11.3 Å². The Labute approximate surface area is 175 Å². The number of halogens is 1. The SMILES string of the molecule is CN(CCc1ccccn1)C(=O)[C@@H]1CN(Cc2cn(C)c3ccc(F)cc23)CCO1. The summed E-state index contributed by atoms with van der Waals surface area (Å²) in [6.45, 7) is 3.03. The van der Waals surface area contributed by atoms with Crippen molar-refractivity contribution in [3.63, 3.8) is 0 Å². The van der Waals surface area contributed by atoms with Crippen molar-refractivity contribution in [1.82, 2.24) is 19.4 Å². The molecule has 3 heterocycles. The van der Waals surface area contributed by atoms with Gasteiger partial charge in [0.2, 0.25) is 0 Å². The quantitative estimate of drug-likeness (QED) is 0.627. The van der Waals surface area contributed by atoms with Crippen molar-refractivity contribution in [3.05, 3.63) is 65.9 Å². The number of carbonyl (C=O) groups is 1. The lowest BCUT2D eigenvalue weighted by Crippen LogP contribution is -2.50. The highest BCUT2D eigenvalue weighted by Gasteiger charge is 2.29. The number of likely N-dealkylation sites (N-methyl/N-ethyl adjacent to an activating group) is 1. The minimum absolute atomic E-state index is 0.0143. The Kier molecular flexibility index (Phi) is 6.11. The van der Waals surface area contributed by atoms with Gasteiger partial charge in [-0.2, -0.15) is 0 Å². The number of pyridine rings is 1. The van der Waals surface area contributed by atoms with Gasteiger partial charge in [-0.05, 0) is 35.9 Å². The second-order valence-electron chi connectivity index (χ2n) is 7.85. The van der Waals surface area contributed by atoms with Gasteiger partial charge in [0.25, 0.3) is 5.91 Å². The summed E-state index contributed by atoms with van der Waals surface area (Å²) < 4.78 is 21.6. The molecule has 0 N–H and O–H groups in total. The minimum Gasteiger partial charge on any atom is -0.366 e. The molecule has 1 saturated heterocycles. The molecule has 1 atom stereocenters. The molecule has 0 aliphatic carbocycles. The van der Waals surface area contributed by atoms with Gasteiger partial charge in [0.15, 0.2) is 0 Å². The largest absolute Gasteiger partial charge is 0.366 e. The first kappa shape index (κ1) is 20.5. The number of hydrogen-bond acceptors (Lipinski definition) is 4. The molecule has 3 aromatic rings. The fraction of sp³-hybridized carbons (Fsp3) is 0.391. The number of carbonyl (C=O) groups excluding carboxylic acids is 1. The Morgan fingerprint density at radius 1 is 1.33 bits per heavy atom. The first-order valence-electron chi connectivity index (χ1n) is 10.2. The van der Waals surface area contributed by atoms with Crippen molar-refractivity contribution in [2.75, 3.05) is 33.3 Å². The number of rotatable bonds is 6. The summed E-state index contributed by atoms with van der Waals surface area (Å²) in [7, 11) is 3.77. The molecular weight excluding hydrogens is 383 g/mol. The van der Waals surface area contributed by atoms with E-state index in [0.717, 1.165) is 28.7 Å². The van der Waals surface area contributed by atoms with Gasteiger partial charge in [-0.25, -0.2) is 4.39 Å². The van der Waals surface area contributed by atoms with E-state index in [2.05, 4.69) is 9.88 Å². The number of ether oxygens (including phenoxy) is 1. The summed E-state index contributed by atoms with van der Waals surface area (Å²) >= 11 is 0. The van der Waals surface area contributed by atoms with E-state index in [1.807, 2.05) is 36.0 Å².